The summed E-state index contributed by atoms with van der Waals surface area (Å²) in [7, 11) is 0. The van der Waals surface area contributed by atoms with E-state index in [1.54, 1.807) is 0 Å². The topological polar surface area (TPSA) is 82.7 Å². The van der Waals surface area contributed by atoms with Gasteiger partial charge in [0.15, 0.2) is 0 Å². The van der Waals surface area contributed by atoms with Crippen LogP contribution in [-0.4, -0.2) is 27.4 Å². The molecule has 0 spiro atoms. The zero-order valence-corrected chi connectivity index (χ0v) is 8.04. The monoisotopic (exact) mass is 198 g/mol. The Morgan fingerprint density at radius 1 is 1.21 bits per heavy atom. The summed E-state index contributed by atoms with van der Waals surface area (Å²) in [6, 6.07) is 0.452. The second-order valence-electron chi connectivity index (χ2n) is 3.77. The van der Waals surface area contributed by atoms with Crippen LogP contribution in [0.3, 0.4) is 0 Å². The summed E-state index contributed by atoms with van der Waals surface area (Å²) in [4.78, 5) is 22.5. The number of piperidine rings is 1. The highest BCUT2D eigenvalue weighted by Gasteiger charge is 2.21. The van der Waals surface area contributed by atoms with Crippen LogP contribution in [0.4, 0.5) is 0 Å². The fraction of sp³-hybridized carbons (Fsp3) is 0.750. The van der Waals surface area contributed by atoms with Gasteiger partial charge in [0.05, 0.1) is 6.04 Å². The maximum Gasteiger partial charge on any atom is 0.344 e. The minimum atomic E-state index is -0.351. The lowest BCUT2D eigenvalue weighted by Crippen LogP contribution is -2.43. The smallest absolute Gasteiger partial charge is 0.312 e. The minimum absolute atomic E-state index is 0.0197. The molecule has 3 N–H and O–H groups in total. The Morgan fingerprint density at radius 3 is 2.36 bits per heavy atom. The first kappa shape index (κ1) is 9.26. The van der Waals surface area contributed by atoms with E-state index in [2.05, 4.69) is 22.4 Å². The van der Waals surface area contributed by atoms with Gasteiger partial charge in [0.1, 0.15) is 0 Å². The van der Waals surface area contributed by atoms with Gasteiger partial charge in [-0.25, -0.2) is 24.4 Å². The summed E-state index contributed by atoms with van der Waals surface area (Å²) in [6.45, 7) is 2.78. The molecule has 2 rings (SSSR count). The third-order valence-corrected chi connectivity index (χ3v) is 2.71. The van der Waals surface area contributed by atoms with E-state index in [0.717, 1.165) is 12.8 Å². The number of H-pyrrole nitrogens is 2. The molecular formula is C8H14N4O2. The van der Waals surface area contributed by atoms with E-state index in [9.17, 15) is 9.59 Å². The molecule has 1 saturated heterocycles. The summed E-state index contributed by atoms with van der Waals surface area (Å²) in [5.74, 6) is 0. The van der Waals surface area contributed by atoms with Crippen molar-refractivity contribution >= 4 is 0 Å². The molecule has 78 valence electrons. The van der Waals surface area contributed by atoms with Crippen LogP contribution in [0.2, 0.25) is 0 Å². The Morgan fingerprint density at radius 2 is 1.86 bits per heavy atom. The lowest BCUT2D eigenvalue weighted by molar-refractivity contribution is 0.312. The van der Waals surface area contributed by atoms with Crippen LogP contribution in [0.1, 0.15) is 25.8 Å². The summed E-state index contributed by atoms with van der Waals surface area (Å²) in [5, 5.41) is 7.82. The quantitative estimate of drug-likeness (QED) is 0.551. The summed E-state index contributed by atoms with van der Waals surface area (Å²) >= 11 is 0. The molecule has 6 nitrogen and oxygen atoms in total. The predicted octanol–water partition coefficient (Wildman–Crippen LogP) is -0.822. The number of nitrogens with zero attached hydrogens (tertiary/aromatic N) is 1. The SMILES string of the molecule is CC1CCC(n2c(=O)[nH][nH]c2=O)CN1. The Kier molecular flexibility index (Phi) is 2.28. The van der Waals surface area contributed by atoms with Crippen LogP contribution in [0.25, 0.3) is 0 Å². The lowest BCUT2D eigenvalue weighted by Gasteiger charge is -2.27. The van der Waals surface area contributed by atoms with Crippen molar-refractivity contribution in [2.45, 2.75) is 31.8 Å². The fourth-order valence-electron chi connectivity index (χ4n) is 1.86. The lowest BCUT2D eigenvalue weighted by atomic mass is 10.0. The van der Waals surface area contributed by atoms with Gasteiger partial charge in [-0.1, -0.05) is 0 Å². The van der Waals surface area contributed by atoms with E-state index in [1.165, 1.54) is 4.57 Å². The van der Waals surface area contributed by atoms with E-state index in [0.29, 0.717) is 12.6 Å². The Labute approximate surface area is 80.3 Å². The minimum Gasteiger partial charge on any atom is -0.312 e. The van der Waals surface area contributed by atoms with E-state index in [1.807, 2.05) is 0 Å². The normalized spacial score (nSPS) is 27.8. The van der Waals surface area contributed by atoms with Crippen LogP contribution in [-0.2, 0) is 0 Å². The van der Waals surface area contributed by atoms with Crippen LogP contribution in [0, 0.1) is 0 Å². The molecule has 2 unspecified atom stereocenters. The molecule has 2 heterocycles. The van der Waals surface area contributed by atoms with Crippen LogP contribution in [0.15, 0.2) is 9.59 Å². The van der Waals surface area contributed by atoms with Gasteiger partial charge >= 0.3 is 11.4 Å². The predicted molar refractivity (Wildman–Crippen MR) is 51.4 cm³/mol. The van der Waals surface area contributed by atoms with E-state index >= 15 is 0 Å². The maximum absolute atomic E-state index is 11.3. The molecule has 0 amide bonds. The van der Waals surface area contributed by atoms with E-state index in [-0.39, 0.29) is 17.4 Å². The van der Waals surface area contributed by atoms with Crippen molar-refractivity contribution in [3.05, 3.63) is 21.0 Å². The number of hydrogen-bond acceptors (Lipinski definition) is 3. The largest absolute Gasteiger partial charge is 0.344 e. The molecule has 0 bridgehead atoms. The Hall–Kier alpha value is -1.30. The zero-order valence-electron chi connectivity index (χ0n) is 8.04. The van der Waals surface area contributed by atoms with Crippen molar-refractivity contribution < 1.29 is 0 Å². The Balaban J connectivity index is 2.24. The number of nitrogens with one attached hydrogen (secondary N) is 3. The van der Waals surface area contributed by atoms with Gasteiger partial charge in [0.25, 0.3) is 0 Å². The van der Waals surface area contributed by atoms with Crippen molar-refractivity contribution in [3.63, 3.8) is 0 Å². The molecule has 6 heteroatoms. The number of rotatable bonds is 1. The first-order valence-electron chi connectivity index (χ1n) is 4.81. The summed E-state index contributed by atoms with van der Waals surface area (Å²) < 4.78 is 1.25. The molecule has 0 radical (unpaired) electrons. The second kappa shape index (κ2) is 3.45. The van der Waals surface area contributed by atoms with Gasteiger partial charge in [-0.05, 0) is 19.8 Å². The average molecular weight is 198 g/mol. The first-order valence-corrected chi connectivity index (χ1v) is 4.81. The molecule has 1 aliphatic heterocycles. The molecule has 14 heavy (non-hydrogen) atoms. The standard InChI is InChI=1S/C8H14N4O2/c1-5-2-3-6(4-9-5)12-7(13)10-11-8(12)14/h5-6,9H,2-4H2,1H3,(H,10,13)(H,11,14). The molecular weight excluding hydrogens is 184 g/mol. The summed E-state index contributed by atoms with van der Waals surface area (Å²) in [5.41, 5.74) is -0.701. The maximum atomic E-state index is 11.3. The molecule has 0 aromatic carbocycles. The second-order valence-corrected chi connectivity index (χ2v) is 3.77. The molecule has 1 aromatic rings. The van der Waals surface area contributed by atoms with Crippen molar-refractivity contribution in [1.82, 2.24) is 20.1 Å². The van der Waals surface area contributed by atoms with Crippen molar-refractivity contribution in [2.24, 2.45) is 0 Å². The van der Waals surface area contributed by atoms with Crippen molar-refractivity contribution in [2.75, 3.05) is 6.54 Å². The molecule has 2 atom stereocenters. The number of aromatic amines is 2. The van der Waals surface area contributed by atoms with Gasteiger partial charge in [0.2, 0.25) is 0 Å². The van der Waals surface area contributed by atoms with Crippen LogP contribution in [0.5, 0.6) is 0 Å². The van der Waals surface area contributed by atoms with Crippen LogP contribution >= 0.6 is 0 Å². The highest BCUT2D eigenvalue weighted by atomic mass is 16.2. The molecule has 1 fully saturated rings. The van der Waals surface area contributed by atoms with Gasteiger partial charge in [-0.15, -0.1) is 0 Å². The van der Waals surface area contributed by atoms with Crippen LogP contribution < -0.4 is 16.7 Å². The highest BCUT2D eigenvalue weighted by molar-refractivity contribution is 4.82. The van der Waals surface area contributed by atoms with Gasteiger partial charge in [-0.3, -0.25) is 0 Å². The molecule has 1 aliphatic rings. The Bertz CT molecular complexity index is 380. The molecule has 1 aromatic heterocycles. The number of aromatic nitrogens is 3. The molecule has 0 aliphatic carbocycles. The third-order valence-electron chi connectivity index (χ3n) is 2.71. The van der Waals surface area contributed by atoms with Crippen molar-refractivity contribution in [1.29, 1.82) is 0 Å². The highest BCUT2D eigenvalue weighted by Crippen LogP contribution is 2.15. The number of hydrogen-bond donors (Lipinski definition) is 3. The summed E-state index contributed by atoms with van der Waals surface area (Å²) in [6.07, 6.45) is 1.86. The van der Waals surface area contributed by atoms with Gasteiger partial charge < -0.3 is 5.32 Å². The fourth-order valence-corrected chi connectivity index (χ4v) is 1.86. The van der Waals surface area contributed by atoms with E-state index < -0.39 is 0 Å². The van der Waals surface area contributed by atoms with Gasteiger partial charge in [-0.2, -0.15) is 0 Å². The zero-order chi connectivity index (χ0) is 10.1. The van der Waals surface area contributed by atoms with E-state index in [4.69, 9.17) is 0 Å². The third kappa shape index (κ3) is 1.52. The first-order chi connectivity index (χ1) is 6.68. The van der Waals surface area contributed by atoms with Crippen molar-refractivity contribution in [3.8, 4) is 0 Å². The average Bonchev–Trinajstić information content (AvgIpc) is 2.49. The molecule has 0 saturated carbocycles. The van der Waals surface area contributed by atoms with Gasteiger partial charge in [0, 0.05) is 12.6 Å².